The monoisotopic (exact) mass is 205 g/mol. The summed E-state index contributed by atoms with van der Waals surface area (Å²) in [6, 6.07) is 5.44. The van der Waals surface area contributed by atoms with E-state index in [1.165, 1.54) is 0 Å². The lowest BCUT2D eigenvalue weighted by Gasteiger charge is -2.13. The van der Waals surface area contributed by atoms with Crippen LogP contribution >= 0.6 is 0 Å². The van der Waals surface area contributed by atoms with Crippen LogP contribution in [0.1, 0.15) is 18.9 Å². The van der Waals surface area contributed by atoms with Crippen molar-refractivity contribution in [3.05, 3.63) is 17.7 Å². The van der Waals surface area contributed by atoms with Crippen LogP contribution in [0.25, 0.3) is 0 Å². The van der Waals surface area contributed by atoms with Crippen LogP contribution in [0.3, 0.4) is 0 Å². The molecule has 0 amide bonds. The molecule has 0 aromatic heterocycles. The molecule has 0 aliphatic carbocycles. The molecule has 1 aromatic rings. The summed E-state index contributed by atoms with van der Waals surface area (Å²) in [5, 5.41) is 12.0. The molecule has 0 unspecified atom stereocenters. The quantitative estimate of drug-likeness (QED) is 0.737. The lowest BCUT2D eigenvalue weighted by molar-refractivity contribution is 0.416. The van der Waals surface area contributed by atoms with E-state index in [1.807, 2.05) is 6.07 Å². The van der Waals surface area contributed by atoms with E-state index in [9.17, 15) is 0 Å². The highest BCUT2D eigenvalue weighted by Gasteiger charge is 2.10. The van der Waals surface area contributed by atoms with Crippen LogP contribution < -0.4 is 15.8 Å². The van der Waals surface area contributed by atoms with Crippen molar-refractivity contribution >= 4 is 11.4 Å². The maximum atomic E-state index is 8.83. The van der Waals surface area contributed by atoms with E-state index in [0.717, 1.165) is 13.0 Å². The highest BCUT2D eigenvalue weighted by Crippen LogP contribution is 2.32. The Hall–Kier alpha value is -1.89. The van der Waals surface area contributed by atoms with Crippen molar-refractivity contribution < 1.29 is 4.74 Å². The van der Waals surface area contributed by atoms with Gasteiger partial charge in [0.1, 0.15) is 17.5 Å². The average molecular weight is 205 g/mol. The number of nitrogen functional groups attached to an aromatic ring is 1. The number of anilines is 2. The Labute approximate surface area is 89.7 Å². The summed E-state index contributed by atoms with van der Waals surface area (Å²) in [6.45, 7) is 2.86. The molecular formula is C11H15N3O. The fraction of sp³-hybridized carbons (Fsp3) is 0.364. The molecule has 0 aliphatic rings. The summed E-state index contributed by atoms with van der Waals surface area (Å²) in [5.41, 5.74) is 7.47. The fourth-order valence-electron chi connectivity index (χ4n) is 1.30. The predicted molar refractivity (Wildman–Crippen MR) is 60.9 cm³/mol. The van der Waals surface area contributed by atoms with Gasteiger partial charge in [0.05, 0.1) is 18.4 Å². The molecule has 1 aromatic carbocycles. The SMILES string of the molecule is CCCNc1c(OC)ccc(C#N)c1N. The van der Waals surface area contributed by atoms with E-state index in [1.54, 1.807) is 19.2 Å². The third-order valence-electron chi connectivity index (χ3n) is 2.10. The molecule has 0 bridgehead atoms. The standard InChI is InChI=1S/C11H15N3O/c1-3-6-14-11-9(15-2)5-4-8(7-12)10(11)13/h4-5,14H,3,6,13H2,1-2H3. The van der Waals surface area contributed by atoms with Crippen molar-refractivity contribution in [1.29, 1.82) is 5.26 Å². The number of methoxy groups -OCH3 is 1. The molecular weight excluding hydrogens is 190 g/mol. The molecule has 3 N–H and O–H groups in total. The lowest BCUT2D eigenvalue weighted by atomic mass is 10.1. The second-order valence-corrected chi connectivity index (χ2v) is 3.14. The summed E-state index contributed by atoms with van der Waals surface area (Å²) >= 11 is 0. The van der Waals surface area contributed by atoms with Gasteiger partial charge < -0.3 is 15.8 Å². The maximum absolute atomic E-state index is 8.83. The van der Waals surface area contributed by atoms with Crippen LogP contribution in [0.2, 0.25) is 0 Å². The van der Waals surface area contributed by atoms with Gasteiger partial charge in [0.25, 0.3) is 0 Å². The van der Waals surface area contributed by atoms with Gasteiger partial charge in [-0.05, 0) is 18.6 Å². The van der Waals surface area contributed by atoms with Crippen LogP contribution in [0.4, 0.5) is 11.4 Å². The first-order valence-corrected chi connectivity index (χ1v) is 4.85. The predicted octanol–water partition coefficient (Wildman–Crippen LogP) is 1.97. The van der Waals surface area contributed by atoms with Crippen LogP contribution in [-0.4, -0.2) is 13.7 Å². The van der Waals surface area contributed by atoms with Gasteiger partial charge in [0, 0.05) is 6.54 Å². The van der Waals surface area contributed by atoms with Crippen molar-refractivity contribution in [3.63, 3.8) is 0 Å². The van der Waals surface area contributed by atoms with E-state index in [2.05, 4.69) is 12.2 Å². The highest BCUT2D eigenvalue weighted by molar-refractivity contribution is 5.78. The third kappa shape index (κ3) is 2.32. The van der Waals surface area contributed by atoms with Gasteiger partial charge in [-0.1, -0.05) is 6.92 Å². The first kappa shape index (κ1) is 11.2. The maximum Gasteiger partial charge on any atom is 0.144 e. The Morgan fingerprint density at radius 2 is 2.27 bits per heavy atom. The molecule has 0 atom stereocenters. The Kier molecular flexibility index (Phi) is 3.81. The normalized spacial score (nSPS) is 9.40. The minimum atomic E-state index is 0.449. The summed E-state index contributed by atoms with van der Waals surface area (Å²) in [5.74, 6) is 0.667. The molecule has 0 radical (unpaired) electrons. The number of hydrogen-bond acceptors (Lipinski definition) is 4. The number of rotatable bonds is 4. The topological polar surface area (TPSA) is 71.1 Å². The molecule has 4 nitrogen and oxygen atoms in total. The fourth-order valence-corrected chi connectivity index (χ4v) is 1.30. The van der Waals surface area contributed by atoms with E-state index in [4.69, 9.17) is 15.7 Å². The molecule has 4 heteroatoms. The van der Waals surface area contributed by atoms with E-state index < -0.39 is 0 Å². The first-order valence-electron chi connectivity index (χ1n) is 4.85. The molecule has 0 spiro atoms. The van der Waals surface area contributed by atoms with Gasteiger partial charge in [-0.2, -0.15) is 5.26 Å². The molecule has 0 heterocycles. The zero-order chi connectivity index (χ0) is 11.3. The Morgan fingerprint density at radius 1 is 1.53 bits per heavy atom. The van der Waals surface area contributed by atoms with Gasteiger partial charge in [0.15, 0.2) is 0 Å². The van der Waals surface area contributed by atoms with Gasteiger partial charge in [-0.25, -0.2) is 0 Å². The van der Waals surface area contributed by atoms with Crippen LogP contribution in [0, 0.1) is 11.3 Å². The molecule has 0 saturated heterocycles. The number of hydrogen-bond donors (Lipinski definition) is 2. The zero-order valence-electron chi connectivity index (χ0n) is 9.00. The minimum Gasteiger partial charge on any atom is -0.495 e. The van der Waals surface area contributed by atoms with E-state index in [0.29, 0.717) is 22.7 Å². The third-order valence-corrected chi connectivity index (χ3v) is 2.10. The molecule has 0 aliphatic heterocycles. The van der Waals surface area contributed by atoms with Crippen LogP contribution in [0.5, 0.6) is 5.75 Å². The summed E-state index contributed by atoms with van der Waals surface area (Å²) in [4.78, 5) is 0. The molecule has 0 saturated carbocycles. The second kappa shape index (κ2) is 5.11. The number of nitriles is 1. The Balaban J connectivity index is 3.12. The minimum absolute atomic E-state index is 0.449. The van der Waals surface area contributed by atoms with Gasteiger partial charge in [-0.3, -0.25) is 0 Å². The second-order valence-electron chi connectivity index (χ2n) is 3.14. The number of nitrogens with zero attached hydrogens (tertiary/aromatic N) is 1. The summed E-state index contributed by atoms with van der Waals surface area (Å²) < 4.78 is 5.17. The first-order chi connectivity index (χ1) is 7.24. The molecule has 15 heavy (non-hydrogen) atoms. The largest absolute Gasteiger partial charge is 0.495 e. The van der Waals surface area contributed by atoms with Crippen molar-refractivity contribution in [3.8, 4) is 11.8 Å². The van der Waals surface area contributed by atoms with Gasteiger partial charge in [-0.15, -0.1) is 0 Å². The molecule has 80 valence electrons. The Morgan fingerprint density at radius 3 is 2.80 bits per heavy atom. The smallest absolute Gasteiger partial charge is 0.144 e. The van der Waals surface area contributed by atoms with E-state index in [-0.39, 0.29) is 0 Å². The van der Waals surface area contributed by atoms with Crippen molar-refractivity contribution in [2.24, 2.45) is 0 Å². The molecule has 0 fully saturated rings. The van der Waals surface area contributed by atoms with Crippen molar-refractivity contribution in [2.75, 3.05) is 24.7 Å². The number of nitrogens with two attached hydrogens (primary N) is 1. The summed E-state index contributed by atoms with van der Waals surface area (Å²) in [7, 11) is 1.58. The van der Waals surface area contributed by atoms with Crippen LogP contribution in [0.15, 0.2) is 12.1 Å². The van der Waals surface area contributed by atoms with Gasteiger partial charge >= 0.3 is 0 Å². The molecule has 1 rings (SSSR count). The van der Waals surface area contributed by atoms with Crippen molar-refractivity contribution in [2.45, 2.75) is 13.3 Å². The lowest BCUT2D eigenvalue weighted by Crippen LogP contribution is -2.06. The number of benzene rings is 1. The highest BCUT2D eigenvalue weighted by atomic mass is 16.5. The number of nitrogens with one attached hydrogen (secondary N) is 1. The van der Waals surface area contributed by atoms with E-state index >= 15 is 0 Å². The van der Waals surface area contributed by atoms with Crippen LogP contribution in [-0.2, 0) is 0 Å². The average Bonchev–Trinajstić information content (AvgIpc) is 2.27. The zero-order valence-corrected chi connectivity index (χ0v) is 9.00. The summed E-state index contributed by atoms with van der Waals surface area (Å²) in [6.07, 6.45) is 0.985. The van der Waals surface area contributed by atoms with Gasteiger partial charge in [0.2, 0.25) is 0 Å². The number of ether oxygens (including phenoxy) is 1. The Bertz CT molecular complexity index is 382. The van der Waals surface area contributed by atoms with Crippen molar-refractivity contribution in [1.82, 2.24) is 0 Å².